The minimum Gasteiger partial charge on any atom is -0.339 e. The molecular weight excluding hydrogens is 512 g/mol. The standard InChI is InChI=1S/C30H46N4O4S/c1-4-5-6-7-8-9-10-12-27-31-29(36)30(32-27)14-18-34(19-15-30)39(37,38)20-13-26-23(2)21-25(22-24(26)3)28(35)33-16-11-17-33/h21-22H,4-20H2,1-3H3,(H,31,32,36). The summed E-state index contributed by atoms with van der Waals surface area (Å²) in [6, 6.07) is 3.78. The Bertz CT molecular complexity index is 1160. The zero-order chi connectivity index (χ0) is 28.0. The molecule has 1 N–H and O–H groups in total. The van der Waals surface area contributed by atoms with E-state index in [1.165, 1.54) is 36.4 Å². The normalized spacial score (nSPS) is 19.2. The van der Waals surface area contributed by atoms with Crippen molar-refractivity contribution in [3.8, 4) is 0 Å². The Morgan fingerprint density at radius 2 is 1.56 bits per heavy atom. The van der Waals surface area contributed by atoms with E-state index >= 15 is 0 Å². The summed E-state index contributed by atoms with van der Waals surface area (Å²) in [6.07, 6.45) is 11.6. The molecule has 0 aliphatic carbocycles. The number of aryl methyl sites for hydroxylation is 2. The number of nitrogens with one attached hydrogen (secondary N) is 1. The third-order valence-electron chi connectivity index (χ3n) is 8.69. The molecule has 0 radical (unpaired) electrons. The molecule has 216 valence electrons. The van der Waals surface area contributed by atoms with Crippen molar-refractivity contribution in [3.05, 3.63) is 34.4 Å². The maximum absolute atomic E-state index is 13.2. The topological polar surface area (TPSA) is 99.2 Å². The average molecular weight is 559 g/mol. The lowest BCUT2D eigenvalue weighted by molar-refractivity contribution is -0.124. The first-order valence-electron chi connectivity index (χ1n) is 14.9. The van der Waals surface area contributed by atoms with E-state index in [4.69, 9.17) is 4.99 Å². The van der Waals surface area contributed by atoms with Crippen LogP contribution in [0.15, 0.2) is 17.1 Å². The van der Waals surface area contributed by atoms with Crippen molar-refractivity contribution < 1.29 is 18.0 Å². The van der Waals surface area contributed by atoms with Gasteiger partial charge in [0.05, 0.1) is 5.75 Å². The summed E-state index contributed by atoms with van der Waals surface area (Å²) in [5, 5.41) is 2.98. The maximum atomic E-state index is 13.2. The van der Waals surface area contributed by atoms with Crippen LogP contribution >= 0.6 is 0 Å². The minimum absolute atomic E-state index is 0.0140. The molecule has 2 amide bonds. The van der Waals surface area contributed by atoms with Crippen molar-refractivity contribution in [2.45, 2.75) is 103 Å². The molecule has 0 unspecified atom stereocenters. The summed E-state index contributed by atoms with van der Waals surface area (Å²) >= 11 is 0. The highest BCUT2D eigenvalue weighted by molar-refractivity contribution is 7.89. The molecular formula is C30H46N4O4S. The number of likely N-dealkylation sites (tertiary alicyclic amines) is 1. The highest BCUT2D eigenvalue weighted by Gasteiger charge is 2.47. The molecule has 2 saturated heterocycles. The number of hydrogen-bond donors (Lipinski definition) is 1. The van der Waals surface area contributed by atoms with E-state index < -0.39 is 15.6 Å². The first kappa shape index (κ1) is 29.7. The van der Waals surface area contributed by atoms with Gasteiger partial charge in [0.15, 0.2) is 0 Å². The van der Waals surface area contributed by atoms with Crippen molar-refractivity contribution in [1.82, 2.24) is 14.5 Å². The van der Waals surface area contributed by atoms with Crippen LogP contribution in [0.2, 0.25) is 0 Å². The largest absolute Gasteiger partial charge is 0.339 e. The highest BCUT2D eigenvalue weighted by atomic mass is 32.2. The van der Waals surface area contributed by atoms with E-state index in [0.29, 0.717) is 37.9 Å². The van der Waals surface area contributed by atoms with Gasteiger partial charge in [-0.15, -0.1) is 0 Å². The number of carbonyl (C=O) groups is 2. The zero-order valence-corrected chi connectivity index (χ0v) is 24.9. The highest BCUT2D eigenvalue weighted by Crippen LogP contribution is 2.32. The van der Waals surface area contributed by atoms with Crippen molar-refractivity contribution in [2.75, 3.05) is 31.9 Å². The summed E-state index contributed by atoms with van der Waals surface area (Å²) in [5.41, 5.74) is 2.77. The molecule has 1 spiro atoms. The molecule has 0 saturated carbocycles. The van der Waals surface area contributed by atoms with Crippen LogP contribution in [-0.2, 0) is 21.2 Å². The SMILES string of the molecule is CCCCCCCCCC1=NC2(CCN(S(=O)(=O)CCc3c(C)cc(C(=O)N4CCC4)cc3C)CC2)C(=O)N1. The molecule has 3 aliphatic heterocycles. The van der Waals surface area contributed by atoms with Gasteiger partial charge in [-0.3, -0.25) is 14.6 Å². The van der Waals surface area contributed by atoms with Crippen LogP contribution in [0.3, 0.4) is 0 Å². The lowest BCUT2D eigenvalue weighted by Gasteiger charge is -2.34. The van der Waals surface area contributed by atoms with Crippen LogP contribution in [0.1, 0.15) is 105 Å². The molecule has 0 bridgehead atoms. The molecule has 3 heterocycles. The minimum atomic E-state index is -3.48. The molecule has 3 aliphatic rings. The van der Waals surface area contributed by atoms with Crippen molar-refractivity contribution in [3.63, 3.8) is 0 Å². The van der Waals surface area contributed by atoms with Gasteiger partial charge in [-0.2, -0.15) is 0 Å². The van der Waals surface area contributed by atoms with E-state index in [-0.39, 0.29) is 17.6 Å². The van der Waals surface area contributed by atoms with E-state index in [2.05, 4.69) is 12.2 Å². The number of benzene rings is 1. The molecule has 8 nitrogen and oxygen atoms in total. The Kier molecular flexibility index (Phi) is 9.86. The molecule has 1 aromatic rings. The summed E-state index contributed by atoms with van der Waals surface area (Å²) in [4.78, 5) is 32.1. The number of piperidine rings is 1. The van der Waals surface area contributed by atoms with E-state index in [9.17, 15) is 18.0 Å². The van der Waals surface area contributed by atoms with Gasteiger partial charge in [0.2, 0.25) is 10.0 Å². The number of nitrogens with zero attached hydrogens (tertiary/aromatic N) is 3. The monoisotopic (exact) mass is 558 g/mol. The third kappa shape index (κ3) is 7.09. The fourth-order valence-corrected chi connectivity index (χ4v) is 7.46. The van der Waals surface area contributed by atoms with Crippen molar-refractivity contribution >= 4 is 27.7 Å². The van der Waals surface area contributed by atoms with E-state index in [0.717, 1.165) is 61.3 Å². The summed E-state index contributed by atoms with van der Waals surface area (Å²) < 4.78 is 28.0. The second-order valence-corrected chi connectivity index (χ2v) is 13.7. The summed E-state index contributed by atoms with van der Waals surface area (Å²) in [7, 11) is -3.48. The number of hydrogen-bond acceptors (Lipinski definition) is 5. The molecule has 0 atom stereocenters. The Labute approximate surface area is 234 Å². The summed E-state index contributed by atoms with van der Waals surface area (Å²) in [5.74, 6) is 0.765. The first-order valence-corrected chi connectivity index (χ1v) is 16.5. The Morgan fingerprint density at radius 1 is 0.949 bits per heavy atom. The van der Waals surface area contributed by atoms with Gasteiger partial charge in [-0.05, 0) is 74.8 Å². The molecule has 0 aromatic heterocycles. The van der Waals surface area contributed by atoms with Gasteiger partial charge in [0.25, 0.3) is 11.8 Å². The first-order chi connectivity index (χ1) is 18.6. The Morgan fingerprint density at radius 3 is 2.15 bits per heavy atom. The number of carbonyl (C=O) groups excluding carboxylic acids is 2. The van der Waals surface area contributed by atoms with Gasteiger partial charge in [-0.1, -0.05) is 45.4 Å². The number of rotatable bonds is 13. The van der Waals surface area contributed by atoms with Gasteiger partial charge in [-0.25, -0.2) is 12.7 Å². The van der Waals surface area contributed by atoms with Crippen LogP contribution in [0.4, 0.5) is 0 Å². The van der Waals surface area contributed by atoms with Gasteiger partial charge in [0, 0.05) is 38.2 Å². The molecule has 39 heavy (non-hydrogen) atoms. The van der Waals surface area contributed by atoms with Crippen molar-refractivity contribution in [1.29, 1.82) is 0 Å². The fourth-order valence-electron chi connectivity index (χ4n) is 6.00. The fraction of sp³-hybridized carbons (Fsp3) is 0.700. The third-order valence-corrected chi connectivity index (χ3v) is 10.6. The summed E-state index contributed by atoms with van der Waals surface area (Å²) in [6.45, 7) is 8.36. The van der Waals surface area contributed by atoms with E-state index in [1.807, 2.05) is 30.9 Å². The second kappa shape index (κ2) is 12.9. The number of sulfonamides is 1. The van der Waals surface area contributed by atoms with Crippen LogP contribution in [0, 0.1) is 13.8 Å². The van der Waals surface area contributed by atoms with Gasteiger partial charge in [0.1, 0.15) is 11.4 Å². The molecule has 4 rings (SSSR count). The second-order valence-electron chi connectivity index (χ2n) is 11.6. The Hall–Kier alpha value is -2.26. The Balaban J connectivity index is 1.28. The van der Waals surface area contributed by atoms with Crippen LogP contribution in [0.5, 0.6) is 0 Å². The number of unbranched alkanes of at least 4 members (excludes halogenated alkanes) is 6. The lowest BCUT2D eigenvalue weighted by atomic mass is 9.89. The van der Waals surface area contributed by atoms with Crippen LogP contribution in [-0.4, -0.2) is 72.7 Å². The number of aliphatic imine (C=N–C) groups is 1. The number of amidine groups is 1. The smallest absolute Gasteiger partial charge is 0.253 e. The lowest BCUT2D eigenvalue weighted by Crippen LogP contribution is -2.50. The zero-order valence-electron chi connectivity index (χ0n) is 24.1. The van der Waals surface area contributed by atoms with Gasteiger partial charge >= 0.3 is 0 Å². The maximum Gasteiger partial charge on any atom is 0.253 e. The average Bonchev–Trinajstić information content (AvgIpc) is 3.16. The number of amides is 2. The van der Waals surface area contributed by atoms with Crippen molar-refractivity contribution in [2.24, 2.45) is 4.99 Å². The molecule has 9 heteroatoms. The quantitative estimate of drug-likeness (QED) is 0.360. The van der Waals surface area contributed by atoms with Crippen LogP contribution < -0.4 is 5.32 Å². The van der Waals surface area contributed by atoms with E-state index in [1.54, 1.807) is 0 Å². The predicted octanol–water partition coefficient (Wildman–Crippen LogP) is 4.53. The molecule has 1 aromatic carbocycles. The molecule has 2 fully saturated rings. The van der Waals surface area contributed by atoms with Gasteiger partial charge < -0.3 is 10.2 Å². The van der Waals surface area contributed by atoms with Crippen LogP contribution in [0.25, 0.3) is 0 Å². The predicted molar refractivity (Wildman–Crippen MR) is 156 cm³/mol.